The molecular formula is C18H24N2O5. The van der Waals surface area contributed by atoms with E-state index in [1.165, 1.54) is 12.0 Å². The molecule has 1 aliphatic heterocycles. The van der Waals surface area contributed by atoms with Gasteiger partial charge in [-0.25, -0.2) is 0 Å². The Morgan fingerprint density at radius 2 is 2.04 bits per heavy atom. The van der Waals surface area contributed by atoms with Crippen molar-refractivity contribution in [3.05, 3.63) is 29.8 Å². The van der Waals surface area contributed by atoms with Crippen LogP contribution in [-0.4, -0.2) is 55.5 Å². The summed E-state index contributed by atoms with van der Waals surface area (Å²) in [7, 11) is 1.25. The molecule has 0 unspecified atom stereocenters. The molecule has 7 heteroatoms. The van der Waals surface area contributed by atoms with Crippen LogP contribution in [-0.2, 0) is 19.1 Å². The molecule has 1 saturated heterocycles. The van der Waals surface area contributed by atoms with Crippen molar-refractivity contribution in [2.75, 3.05) is 26.8 Å². The second-order valence-electron chi connectivity index (χ2n) is 6.16. The van der Waals surface area contributed by atoms with E-state index in [0.717, 1.165) is 5.56 Å². The predicted octanol–water partition coefficient (Wildman–Crippen LogP) is 1.08. The monoisotopic (exact) mass is 348 g/mol. The first-order chi connectivity index (χ1) is 11.9. The number of rotatable bonds is 6. The minimum Gasteiger partial charge on any atom is -0.483 e. The number of ether oxygens (including phenoxy) is 2. The molecule has 0 aromatic heterocycles. The van der Waals surface area contributed by atoms with Gasteiger partial charge in [-0.1, -0.05) is 32.0 Å². The lowest BCUT2D eigenvalue weighted by Gasteiger charge is -2.34. The van der Waals surface area contributed by atoms with Crippen molar-refractivity contribution in [2.24, 2.45) is 0 Å². The Morgan fingerprint density at radius 3 is 2.72 bits per heavy atom. The molecule has 136 valence electrons. The maximum Gasteiger partial charge on any atom is 0.308 e. The molecule has 0 bridgehead atoms. The molecular weight excluding hydrogens is 324 g/mol. The summed E-state index contributed by atoms with van der Waals surface area (Å²) >= 11 is 0. The van der Waals surface area contributed by atoms with Gasteiger partial charge in [0.05, 0.1) is 13.5 Å². The Kier molecular flexibility index (Phi) is 6.38. The van der Waals surface area contributed by atoms with Crippen LogP contribution in [0.15, 0.2) is 24.3 Å². The molecule has 7 nitrogen and oxygen atoms in total. The number of amides is 2. The number of benzene rings is 1. The molecule has 0 aliphatic carbocycles. The van der Waals surface area contributed by atoms with Gasteiger partial charge in [0.1, 0.15) is 11.8 Å². The summed E-state index contributed by atoms with van der Waals surface area (Å²) in [6.07, 6.45) is -0.170. The van der Waals surface area contributed by atoms with Gasteiger partial charge >= 0.3 is 5.97 Å². The van der Waals surface area contributed by atoms with Gasteiger partial charge in [-0.2, -0.15) is 0 Å². The van der Waals surface area contributed by atoms with Gasteiger partial charge in [0, 0.05) is 13.1 Å². The molecule has 1 heterocycles. The summed E-state index contributed by atoms with van der Waals surface area (Å²) in [6.45, 7) is 4.59. The highest BCUT2D eigenvalue weighted by Crippen LogP contribution is 2.26. The lowest BCUT2D eigenvalue weighted by Crippen LogP contribution is -2.58. The molecule has 1 fully saturated rings. The minimum absolute atomic E-state index is 0.170. The summed E-state index contributed by atoms with van der Waals surface area (Å²) in [5.41, 5.74) is 1.01. The number of carbonyl (C=O) groups is 3. The van der Waals surface area contributed by atoms with E-state index in [4.69, 9.17) is 4.74 Å². The third-order valence-corrected chi connectivity index (χ3v) is 4.13. The fraction of sp³-hybridized carbons (Fsp3) is 0.500. The Bertz CT molecular complexity index is 644. The normalized spacial score (nSPS) is 17.2. The van der Waals surface area contributed by atoms with E-state index in [9.17, 15) is 14.4 Å². The second kappa shape index (κ2) is 8.50. The number of para-hydroxylation sites is 1. The van der Waals surface area contributed by atoms with Crippen LogP contribution >= 0.6 is 0 Å². The summed E-state index contributed by atoms with van der Waals surface area (Å²) in [6, 6.07) is 6.68. The highest BCUT2D eigenvalue weighted by Gasteiger charge is 2.35. The Labute approximate surface area is 147 Å². The van der Waals surface area contributed by atoms with E-state index in [2.05, 4.69) is 10.1 Å². The number of carbonyl (C=O) groups excluding carboxylic acids is 3. The fourth-order valence-corrected chi connectivity index (χ4v) is 2.77. The largest absolute Gasteiger partial charge is 0.483 e. The third-order valence-electron chi connectivity index (χ3n) is 4.13. The summed E-state index contributed by atoms with van der Waals surface area (Å²) in [5.74, 6) is -0.309. The Morgan fingerprint density at radius 1 is 1.32 bits per heavy atom. The summed E-state index contributed by atoms with van der Waals surface area (Å²) in [4.78, 5) is 37.5. The first-order valence-corrected chi connectivity index (χ1v) is 8.29. The number of nitrogens with zero attached hydrogens (tertiary/aromatic N) is 1. The maximum absolute atomic E-state index is 12.5. The predicted molar refractivity (Wildman–Crippen MR) is 91.2 cm³/mol. The van der Waals surface area contributed by atoms with Crippen LogP contribution in [0.5, 0.6) is 5.75 Å². The standard InChI is InChI=1S/C18H24N2O5/c1-12(2)13-6-4-5-7-15(13)25-11-16(21)20-9-8-19-18(23)14(20)10-17(22)24-3/h4-7,12,14H,8-11H2,1-3H3,(H,19,23)/t14-/m0/s1. The highest BCUT2D eigenvalue weighted by atomic mass is 16.5. The third kappa shape index (κ3) is 4.71. The highest BCUT2D eigenvalue weighted by molar-refractivity contribution is 5.92. The lowest BCUT2D eigenvalue weighted by atomic mass is 10.0. The molecule has 1 aromatic rings. The van der Waals surface area contributed by atoms with E-state index in [1.807, 2.05) is 38.1 Å². The zero-order chi connectivity index (χ0) is 18.4. The molecule has 0 saturated carbocycles. The first-order valence-electron chi connectivity index (χ1n) is 8.29. The van der Waals surface area contributed by atoms with Crippen molar-refractivity contribution in [1.82, 2.24) is 10.2 Å². The topological polar surface area (TPSA) is 84.9 Å². The molecule has 1 aliphatic rings. The van der Waals surface area contributed by atoms with Crippen molar-refractivity contribution in [2.45, 2.75) is 32.2 Å². The minimum atomic E-state index is -0.863. The van der Waals surface area contributed by atoms with Crippen molar-refractivity contribution >= 4 is 17.8 Å². The molecule has 1 aromatic carbocycles. The molecule has 0 radical (unpaired) electrons. The van der Waals surface area contributed by atoms with Crippen LogP contribution in [0.2, 0.25) is 0 Å². The average molecular weight is 348 g/mol. The number of hydrogen-bond acceptors (Lipinski definition) is 5. The van der Waals surface area contributed by atoms with Crippen LogP contribution in [0.25, 0.3) is 0 Å². The maximum atomic E-state index is 12.5. The van der Waals surface area contributed by atoms with Gasteiger partial charge in [-0.05, 0) is 17.5 Å². The van der Waals surface area contributed by atoms with Gasteiger partial charge in [0.15, 0.2) is 6.61 Å². The smallest absolute Gasteiger partial charge is 0.308 e. The number of esters is 1. The zero-order valence-corrected chi connectivity index (χ0v) is 14.8. The summed E-state index contributed by atoms with van der Waals surface area (Å²) in [5, 5.41) is 2.66. The van der Waals surface area contributed by atoms with Crippen molar-refractivity contribution in [3.63, 3.8) is 0 Å². The van der Waals surface area contributed by atoms with Crippen LogP contribution in [0.3, 0.4) is 0 Å². The quantitative estimate of drug-likeness (QED) is 0.778. The number of nitrogens with one attached hydrogen (secondary N) is 1. The van der Waals surface area contributed by atoms with Gasteiger partial charge < -0.3 is 19.7 Å². The van der Waals surface area contributed by atoms with Crippen LogP contribution in [0.4, 0.5) is 0 Å². The average Bonchev–Trinajstić information content (AvgIpc) is 2.61. The van der Waals surface area contributed by atoms with Crippen molar-refractivity contribution in [1.29, 1.82) is 0 Å². The van der Waals surface area contributed by atoms with Crippen molar-refractivity contribution < 1.29 is 23.9 Å². The fourth-order valence-electron chi connectivity index (χ4n) is 2.77. The first kappa shape index (κ1) is 18.8. The molecule has 2 rings (SSSR count). The van der Waals surface area contributed by atoms with Crippen LogP contribution in [0, 0.1) is 0 Å². The second-order valence-corrected chi connectivity index (χ2v) is 6.16. The van der Waals surface area contributed by atoms with E-state index in [0.29, 0.717) is 18.8 Å². The lowest BCUT2D eigenvalue weighted by molar-refractivity contribution is -0.151. The van der Waals surface area contributed by atoms with E-state index >= 15 is 0 Å². The number of hydrogen-bond donors (Lipinski definition) is 1. The zero-order valence-electron chi connectivity index (χ0n) is 14.8. The van der Waals surface area contributed by atoms with Gasteiger partial charge in [0.2, 0.25) is 5.91 Å². The van der Waals surface area contributed by atoms with E-state index in [-0.39, 0.29) is 30.8 Å². The molecule has 1 atom stereocenters. The summed E-state index contributed by atoms with van der Waals surface area (Å²) < 4.78 is 10.3. The number of piperazine rings is 1. The Balaban J connectivity index is 2.05. The van der Waals surface area contributed by atoms with Gasteiger partial charge in [0.25, 0.3) is 5.91 Å². The molecule has 25 heavy (non-hydrogen) atoms. The molecule has 2 amide bonds. The van der Waals surface area contributed by atoms with Crippen LogP contribution < -0.4 is 10.1 Å². The molecule has 1 N–H and O–H groups in total. The van der Waals surface area contributed by atoms with E-state index < -0.39 is 12.0 Å². The van der Waals surface area contributed by atoms with Crippen LogP contribution in [0.1, 0.15) is 31.7 Å². The Hall–Kier alpha value is -2.57. The SMILES string of the molecule is COC(=O)C[C@H]1C(=O)NCCN1C(=O)COc1ccccc1C(C)C. The number of methoxy groups -OCH3 is 1. The molecule has 0 spiro atoms. The van der Waals surface area contributed by atoms with E-state index in [1.54, 1.807) is 0 Å². The van der Waals surface area contributed by atoms with Gasteiger partial charge in [-0.15, -0.1) is 0 Å². The van der Waals surface area contributed by atoms with Crippen molar-refractivity contribution in [3.8, 4) is 5.75 Å². The van der Waals surface area contributed by atoms with Gasteiger partial charge in [-0.3, -0.25) is 14.4 Å².